The van der Waals surface area contributed by atoms with Crippen LogP contribution in [-0.4, -0.2) is 53.6 Å². The molecular weight excluding hydrogens is 372 g/mol. The first-order valence-corrected chi connectivity index (χ1v) is 11.0. The van der Waals surface area contributed by atoms with Crippen LogP contribution in [-0.2, 0) is 20.0 Å². The van der Waals surface area contributed by atoms with Crippen LogP contribution in [0.15, 0.2) is 60.7 Å². The number of nitrogens with zero attached hydrogens (tertiary/aromatic N) is 2. The van der Waals surface area contributed by atoms with Gasteiger partial charge in [0, 0.05) is 28.2 Å². The van der Waals surface area contributed by atoms with Crippen molar-refractivity contribution in [1.29, 1.82) is 0 Å². The van der Waals surface area contributed by atoms with Crippen molar-refractivity contribution in [3.63, 3.8) is 0 Å². The van der Waals surface area contributed by atoms with E-state index in [2.05, 4.69) is 0 Å². The summed E-state index contributed by atoms with van der Waals surface area (Å²) >= 11 is 0. The van der Waals surface area contributed by atoms with E-state index in [4.69, 9.17) is 0 Å². The third-order valence-corrected chi connectivity index (χ3v) is 8.77. The largest absolute Gasteiger partial charge is 0.222 e. The van der Waals surface area contributed by atoms with Crippen molar-refractivity contribution in [3.05, 3.63) is 71.8 Å². The number of sulfonamides is 2. The molecule has 2 atom stereocenters. The van der Waals surface area contributed by atoms with Crippen LogP contribution >= 0.6 is 0 Å². The highest BCUT2D eigenvalue weighted by Crippen LogP contribution is 2.42. The maximum Gasteiger partial charge on any atom is 0.222 e. The second kappa shape index (κ2) is 7.87. The van der Waals surface area contributed by atoms with Gasteiger partial charge in [-0.2, -0.15) is 0 Å². The molecule has 26 heavy (non-hydrogen) atoms. The minimum atomic E-state index is -3.93. The van der Waals surface area contributed by atoms with E-state index >= 15 is 0 Å². The number of hydrogen-bond donors (Lipinski definition) is 0. The molecule has 2 aromatic rings. The van der Waals surface area contributed by atoms with E-state index in [-0.39, 0.29) is 0 Å². The lowest BCUT2D eigenvalue weighted by molar-refractivity contribution is 0.481. The summed E-state index contributed by atoms with van der Waals surface area (Å²) in [7, 11) is -2.21. The van der Waals surface area contributed by atoms with Crippen molar-refractivity contribution in [2.24, 2.45) is 0 Å². The lowest BCUT2D eigenvalue weighted by Crippen LogP contribution is -2.38. The van der Waals surface area contributed by atoms with Crippen molar-refractivity contribution in [3.8, 4) is 0 Å². The Labute approximate surface area is 156 Å². The molecule has 142 valence electrons. The van der Waals surface area contributed by atoms with Gasteiger partial charge in [0.25, 0.3) is 0 Å². The van der Waals surface area contributed by atoms with E-state index in [0.717, 1.165) is 8.61 Å². The molecule has 0 fully saturated rings. The number of rotatable bonds is 7. The Morgan fingerprint density at radius 2 is 0.846 bits per heavy atom. The van der Waals surface area contributed by atoms with Gasteiger partial charge in [0.2, 0.25) is 20.0 Å². The summed E-state index contributed by atoms with van der Waals surface area (Å²) in [5.41, 5.74) is 0.862. The van der Waals surface area contributed by atoms with Gasteiger partial charge < -0.3 is 0 Å². The molecule has 0 N–H and O–H groups in total. The van der Waals surface area contributed by atoms with Gasteiger partial charge in [-0.15, -0.1) is 0 Å². The fourth-order valence-corrected chi connectivity index (χ4v) is 6.44. The highest BCUT2D eigenvalue weighted by molar-refractivity contribution is 7.93. The van der Waals surface area contributed by atoms with Gasteiger partial charge in [-0.3, -0.25) is 0 Å². The molecule has 8 heteroatoms. The molecule has 0 bridgehead atoms. The predicted octanol–water partition coefficient (Wildman–Crippen LogP) is 2.25. The van der Waals surface area contributed by atoms with Gasteiger partial charge in [0.1, 0.15) is 10.5 Å². The van der Waals surface area contributed by atoms with Gasteiger partial charge in [0.15, 0.2) is 0 Å². The standard InChI is InChI=1S/C18H24N2O4S2/c1-19(2)25(21,22)17(15-11-7-5-8-12-15)18(26(23,24)20(3)4)16-13-9-6-10-14-16/h5-14,17-18H,1-4H3. The number of benzene rings is 2. The molecule has 0 spiro atoms. The van der Waals surface area contributed by atoms with Gasteiger partial charge in [-0.25, -0.2) is 25.4 Å². The van der Waals surface area contributed by atoms with E-state index in [1.54, 1.807) is 60.7 Å². The van der Waals surface area contributed by atoms with Crippen LogP contribution < -0.4 is 0 Å². The summed E-state index contributed by atoms with van der Waals surface area (Å²) in [6.07, 6.45) is 0. The molecule has 0 aliphatic carbocycles. The molecule has 2 unspecified atom stereocenters. The molecule has 0 radical (unpaired) electrons. The summed E-state index contributed by atoms with van der Waals surface area (Å²) in [4.78, 5) is 0. The van der Waals surface area contributed by atoms with Crippen molar-refractivity contribution >= 4 is 20.0 Å². The van der Waals surface area contributed by atoms with E-state index in [1.807, 2.05) is 0 Å². The zero-order valence-corrected chi connectivity index (χ0v) is 16.9. The summed E-state index contributed by atoms with van der Waals surface area (Å²) in [6.45, 7) is 0. The first-order chi connectivity index (χ1) is 12.1. The highest BCUT2D eigenvalue weighted by Gasteiger charge is 2.45. The molecule has 2 rings (SSSR count). The Kier molecular flexibility index (Phi) is 6.23. The lowest BCUT2D eigenvalue weighted by Gasteiger charge is -2.31. The minimum absolute atomic E-state index is 0.431. The predicted molar refractivity (Wildman–Crippen MR) is 104 cm³/mol. The smallest absolute Gasteiger partial charge is 0.212 e. The quantitative estimate of drug-likeness (QED) is 0.719. The maximum atomic E-state index is 13.2. The van der Waals surface area contributed by atoms with Crippen LogP contribution in [0.4, 0.5) is 0 Å². The van der Waals surface area contributed by atoms with Crippen LogP contribution in [0, 0.1) is 0 Å². The molecule has 0 saturated carbocycles. The van der Waals surface area contributed by atoms with Crippen molar-refractivity contribution in [1.82, 2.24) is 8.61 Å². The van der Waals surface area contributed by atoms with Crippen LogP contribution in [0.1, 0.15) is 21.6 Å². The average molecular weight is 397 g/mol. The first-order valence-electron chi connectivity index (χ1n) is 8.02. The zero-order chi connectivity index (χ0) is 19.5. The Balaban J connectivity index is 2.83. The average Bonchev–Trinajstić information content (AvgIpc) is 2.60. The number of hydrogen-bond acceptors (Lipinski definition) is 4. The van der Waals surface area contributed by atoms with Crippen LogP contribution in [0.25, 0.3) is 0 Å². The fraction of sp³-hybridized carbons (Fsp3) is 0.333. The molecule has 0 aromatic heterocycles. The van der Waals surface area contributed by atoms with Crippen LogP contribution in [0.5, 0.6) is 0 Å². The molecule has 2 aromatic carbocycles. The lowest BCUT2D eigenvalue weighted by atomic mass is 10.0. The highest BCUT2D eigenvalue weighted by atomic mass is 32.2. The van der Waals surface area contributed by atoms with E-state index in [0.29, 0.717) is 11.1 Å². The molecule has 0 aliphatic heterocycles. The third kappa shape index (κ3) is 3.98. The first kappa shape index (κ1) is 20.6. The molecule has 0 amide bonds. The van der Waals surface area contributed by atoms with E-state index in [9.17, 15) is 16.8 Å². The van der Waals surface area contributed by atoms with Crippen LogP contribution in [0.2, 0.25) is 0 Å². The summed E-state index contributed by atoms with van der Waals surface area (Å²) in [5, 5.41) is -2.54. The molecular formula is C18H24N2O4S2. The van der Waals surface area contributed by atoms with E-state index < -0.39 is 30.5 Å². The topological polar surface area (TPSA) is 74.8 Å². The Morgan fingerprint density at radius 1 is 0.577 bits per heavy atom. The SMILES string of the molecule is CN(C)S(=O)(=O)C(c1ccccc1)C(c1ccccc1)S(=O)(=O)N(C)C. The molecule has 0 heterocycles. The molecule has 0 aliphatic rings. The minimum Gasteiger partial charge on any atom is -0.212 e. The maximum absolute atomic E-state index is 13.2. The Hall–Kier alpha value is -1.74. The summed E-state index contributed by atoms with van der Waals surface area (Å²) in [6, 6.07) is 16.9. The summed E-state index contributed by atoms with van der Waals surface area (Å²) in [5.74, 6) is 0. The van der Waals surface area contributed by atoms with Crippen molar-refractivity contribution < 1.29 is 16.8 Å². The zero-order valence-electron chi connectivity index (χ0n) is 15.3. The molecule has 6 nitrogen and oxygen atoms in total. The van der Waals surface area contributed by atoms with Gasteiger partial charge in [0.05, 0.1) is 0 Å². The normalized spacial score (nSPS) is 15.2. The Morgan fingerprint density at radius 3 is 1.08 bits per heavy atom. The fourth-order valence-electron chi connectivity index (χ4n) is 2.75. The van der Waals surface area contributed by atoms with Crippen molar-refractivity contribution in [2.45, 2.75) is 10.5 Å². The van der Waals surface area contributed by atoms with Crippen molar-refractivity contribution in [2.75, 3.05) is 28.2 Å². The van der Waals surface area contributed by atoms with Gasteiger partial charge >= 0.3 is 0 Å². The van der Waals surface area contributed by atoms with Gasteiger partial charge in [-0.05, 0) is 11.1 Å². The van der Waals surface area contributed by atoms with E-state index in [1.165, 1.54) is 28.2 Å². The second-order valence-corrected chi connectivity index (χ2v) is 10.9. The third-order valence-electron chi connectivity index (χ3n) is 4.19. The summed E-state index contributed by atoms with van der Waals surface area (Å²) < 4.78 is 54.8. The monoisotopic (exact) mass is 396 g/mol. The Bertz CT molecular complexity index is 846. The van der Waals surface area contributed by atoms with Crippen LogP contribution in [0.3, 0.4) is 0 Å². The van der Waals surface area contributed by atoms with Gasteiger partial charge in [-0.1, -0.05) is 60.7 Å². The second-order valence-electron chi connectivity index (χ2n) is 6.32. The molecule has 0 saturated heterocycles.